The molecule has 2 N–H and O–H groups in total. The van der Waals surface area contributed by atoms with Gasteiger partial charge in [-0.25, -0.2) is 0 Å². The molecule has 168 valence electrons. The smallest absolute Gasteiger partial charge is 0.244 e. The lowest BCUT2D eigenvalue weighted by atomic mass is 9.49. The van der Waals surface area contributed by atoms with Crippen LogP contribution in [-0.4, -0.2) is 49.0 Å². The van der Waals surface area contributed by atoms with E-state index in [9.17, 15) is 14.4 Å². The molecule has 0 spiro atoms. The summed E-state index contributed by atoms with van der Waals surface area (Å²) in [4.78, 5) is 39.8. The molecule has 0 saturated heterocycles. The molecule has 0 heterocycles. The molecule has 4 aliphatic rings. The standard InChI is InChI=1S/C24H33N3O3S/c1-27(15-22(29)26-19-5-3-4-6-20(19)31-2)23(30)14-25-21(28)13-24-10-16-7-17(11-24)9-18(8-16)12-24/h3-6,16-18H,7-15H2,1-2H3,(H,25,28)(H,26,29). The summed E-state index contributed by atoms with van der Waals surface area (Å²) in [5.74, 6) is 1.89. The Labute approximate surface area is 188 Å². The van der Waals surface area contributed by atoms with Crippen LogP contribution in [0.25, 0.3) is 0 Å². The van der Waals surface area contributed by atoms with E-state index in [1.807, 2.05) is 30.5 Å². The first-order valence-corrected chi connectivity index (χ1v) is 12.5. The van der Waals surface area contributed by atoms with Crippen LogP contribution < -0.4 is 10.6 Å². The molecule has 7 heteroatoms. The topological polar surface area (TPSA) is 78.5 Å². The Bertz CT molecular complexity index is 821. The number of hydrogen-bond donors (Lipinski definition) is 2. The van der Waals surface area contributed by atoms with Crippen LogP contribution >= 0.6 is 11.8 Å². The number of rotatable bonds is 8. The Morgan fingerprint density at radius 2 is 1.65 bits per heavy atom. The van der Waals surface area contributed by atoms with E-state index in [1.165, 1.54) is 43.4 Å². The van der Waals surface area contributed by atoms with E-state index in [0.29, 0.717) is 6.42 Å². The van der Waals surface area contributed by atoms with Crippen molar-refractivity contribution in [2.75, 3.05) is 31.7 Å². The van der Waals surface area contributed by atoms with Crippen LogP contribution in [0.15, 0.2) is 29.2 Å². The first-order valence-electron chi connectivity index (χ1n) is 11.3. The predicted octanol–water partition coefficient (Wildman–Crippen LogP) is 3.53. The van der Waals surface area contributed by atoms with Crippen molar-refractivity contribution in [3.63, 3.8) is 0 Å². The van der Waals surface area contributed by atoms with E-state index in [-0.39, 0.29) is 36.2 Å². The van der Waals surface area contributed by atoms with Crippen LogP contribution in [0.5, 0.6) is 0 Å². The van der Waals surface area contributed by atoms with Crippen molar-refractivity contribution in [3.8, 4) is 0 Å². The van der Waals surface area contributed by atoms with Crippen molar-refractivity contribution < 1.29 is 14.4 Å². The van der Waals surface area contributed by atoms with E-state index < -0.39 is 0 Å². The van der Waals surface area contributed by atoms with Gasteiger partial charge in [-0.1, -0.05) is 12.1 Å². The van der Waals surface area contributed by atoms with E-state index in [2.05, 4.69) is 10.6 Å². The molecule has 1 aromatic rings. The number of amides is 3. The fourth-order valence-corrected chi connectivity index (χ4v) is 7.01. The van der Waals surface area contributed by atoms with Crippen LogP contribution in [0.3, 0.4) is 0 Å². The number of carbonyl (C=O) groups excluding carboxylic acids is 3. The van der Waals surface area contributed by atoms with Crippen LogP contribution in [0.1, 0.15) is 44.9 Å². The number of thioether (sulfide) groups is 1. The van der Waals surface area contributed by atoms with Gasteiger partial charge in [0.2, 0.25) is 17.7 Å². The maximum atomic E-state index is 12.6. The molecular formula is C24H33N3O3S. The highest BCUT2D eigenvalue weighted by atomic mass is 32.2. The van der Waals surface area contributed by atoms with E-state index in [4.69, 9.17) is 0 Å². The van der Waals surface area contributed by atoms with E-state index in [0.717, 1.165) is 28.3 Å². The lowest BCUT2D eigenvalue weighted by Crippen LogP contribution is -2.48. The molecule has 6 nitrogen and oxygen atoms in total. The number of carbonyl (C=O) groups is 3. The Morgan fingerprint density at radius 3 is 2.26 bits per heavy atom. The fraction of sp³-hybridized carbons (Fsp3) is 0.625. The third-order valence-electron chi connectivity index (χ3n) is 7.32. The van der Waals surface area contributed by atoms with Crippen molar-refractivity contribution in [2.45, 2.75) is 49.8 Å². The molecule has 0 aliphatic heterocycles. The van der Waals surface area contributed by atoms with Gasteiger partial charge in [-0.3, -0.25) is 14.4 Å². The highest BCUT2D eigenvalue weighted by molar-refractivity contribution is 7.98. The van der Waals surface area contributed by atoms with Crippen molar-refractivity contribution in [2.24, 2.45) is 23.2 Å². The first-order chi connectivity index (χ1) is 14.9. The summed E-state index contributed by atoms with van der Waals surface area (Å²) in [5.41, 5.74) is 0.906. The zero-order valence-corrected chi connectivity index (χ0v) is 19.3. The summed E-state index contributed by atoms with van der Waals surface area (Å²) in [5, 5.41) is 5.67. The Balaban J connectivity index is 1.22. The van der Waals surface area contributed by atoms with Crippen LogP contribution in [-0.2, 0) is 14.4 Å². The van der Waals surface area contributed by atoms with Crippen molar-refractivity contribution >= 4 is 35.2 Å². The molecule has 0 unspecified atom stereocenters. The van der Waals surface area contributed by atoms with E-state index >= 15 is 0 Å². The zero-order chi connectivity index (χ0) is 22.0. The second-order valence-corrected chi connectivity index (χ2v) is 10.7. The highest BCUT2D eigenvalue weighted by Crippen LogP contribution is 2.61. The second-order valence-electron chi connectivity index (χ2n) is 9.87. The quantitative estimate of drug-likeness (QED) is 0.603. The summed E-state index contributed by atoms with van der Waals surface area (Å²) < 4.78 is 0. The highest BCUT2D eigenvalue weighted by Gasteiger charge is 2.51. The number of benzene rings is 1. The third kappa shape index (κ3) is 5.25. The molecule has 4 fully saturated rings. The molecular weight excluding hydrogens is 410 g/mol. The minimum atomic E-state index is -0.257. The lowest BCUT2D eigenvalue weighted by molar-refractivity contribution is -0.136. The third-order valence-corrected chi connectivity index (χ3v) is 8.12. The predicted molar refractivity (Wildman–Crippen MR) is 123 cm³/mol. The number of hydrogen-bond acceptors (Lipinski definition) is 4. The second kappa shape index (κ2) is 9.23. The van der Waals surface area contributed by atoms with Crippen LogP contribution in [0.2, 0.25) is 0 Å². The normalized spacial score (nSPS) is 28.3. The number of para-hydroxylation sites is 1. The monoisotopic (exact) mass is 443 g/mol. The molecule has 3 amide bonds. The molecule has 4 saturated carbocycles. The van der Waals surface area contributed by atoms with Gasteiger partial charge >= 0.3 is 0 Å². The molecule has 4 bridgehead atoms. The van der Waals surface area contributed by atoms with E-state index in [1.54, 1.807) is 18.8 Å². The summed E-state index contributed by atoms with van der Waals surface area (Å²) in [7, 11) is 1.59. The van der Waals surface area contributed by atoms with Crippen molar-refractivity contribution in [1.82, 2.24) is 10.2 Å². The zero-order valence-electron chi connectivity index (χ0n) is 18.5. The number of nitrogens with zero attached hydrogens (tertiary/aromatic N) is 1. The van der Waals surface area contributed by atoms with Gasteiger partial charge in [-0.15, -0.1) is 11.8 Å². The molecule has 31 heavy (non-hydrogen) atoms. The van der Waals surface area contributed by atoms with Gasteiger partial charge in [0.15, 0.2) is 0 Å². The summed E-state index contributed by atoms with van der Waals surface area (Å²) in [6, 6.07) is 7.57. The number of likely N-dealkylation sites (N-methyl/N-ethyl adjacent to an activating group) is 1. The molecule has 4 aliphatic carbocycles. The minimum Gasteiger partial charge on any atom is -0.347 e. The molecule has 1 aromatic carbocycles. The van der Waals surface area contributed by atoms with Gasteiger partial charge in [0.05, 0.1) is 18.8 Å². The Kier molecular flexibility index (Phi) is 6.60. The van der Waals surface area contributed by atoms with Gasteiger partial charge in [-0.05, 0) is 80.1 Å². The number of nitrogens with one attached hydrogen (secondary N) is 2. The molecule has 0 atom stereocenters. The largest absolute Gasteiger partial charge is 0.347 e. The average Bonchev–Trinajstić information content (AvgIpc) is 2.71. The van der Waals surface area contributed by atoms with Gasteiger partial charge < -0.3 is 15.5 Å². The fourth-order valence-electron chi connectivity index (χ4n) is 6.46. The summed E-state index contributed by atoms with van der Waals surface area (Å²) in [6.45, 7) is -0.108. The number of anilines is 1. The maximum Gasteiger partial charge on any atom is 0.244 e. The van der Waals surface area contributed by atoms with Crippen molar-refractivity contribution in [1.29, 1.82) is 0 Å². The molecule has 0 radical (unpaired) electrons. The van der Waals surface area contributed by atoms with Gasteiger partial charge in [0.25, 0.3) is 0 Å². The minimum absolute atomic E-state index is 0.0259. The van der Waals surface area contributed by atoms with Gasteiger partial charge in [-0.2, -0.15) is 0 Å². The first kappa shape index (κ1) is 22.2. The van der Waals surface area contributed by atoms with Crippen LogP contribution in [0.4, 0.5) is 5.69 Å². The molecule has 0 aromatic heterocycles. The lowest BCUT2D eigenvalue weighted by Gasteiger charge is -2.56. The molecule has 5 rings (SSSR count). The van der Waals surface area contributed by atoms with Crippen LogP contribution in [0, 0.1) is 23.2 Å². The van der Waals surface area contributed by atoms with Gasteiger partial charge in [0.1, 0.15) is 0 Å². The summed E-state index contributed by atoms with van der Waals surface area (Å²) in [6.07, 6.45) is 10.1. The van der Waals surface area contributed by atoms with Gasteiger partial charge in [0, 0.05) is 18.4 Å². The summed E-state index contributed by atoms with van der Waals surface area (Å²) >= 11 is 1.55. The SMILES string of the molecule is CSc1ccccc1NC(=O)CN(C)C(=O)CNC(=O)CC12CC3CC(CC(C3)C1)C2. The van der Waals surface area contributed by atoms with Crippen molar-refractivity contribution in [3.05, 3.63) is 24.3 Å². The average molecular weight is 444 g/mol. The maximum absolute atomic E-state index is 12.6. The Hall–Kier alpha value is -2.02. The Morgan fingerprint density at radius 1 is 1.03 bits per heavy atom.